The molecule has 0 aromatic carbocycles. The third-order valence-electron chi connectivity index (χ3n) is 1.44. The van der Waals surface area contributed by atoms with Gasteiger partial charge in [-0.05, 0) is 24.9 Å². The normalized spacial score (nSPS) is 9.57. The van der Waals surface area contributed by atoms with Crippen molar-refractivity contribution in [1.29, 1.82) is 0 Å². The molecule has 0 fully saturated rings. The molecule has 0 radical (unpaired) electrons. The van der Waals surface area contributed by atoms with Crippen LogP contribution in [0.2, 0.25) is 0 Å². The second kappa shape index (κ2) is 9.15. The smallest absolute Gasteiger partial charge is 0.321 e. The number of thioether (sulfide) groups is 1. The Morgan fingerprint density at radius 2 is 2.07 bits per heavy atom. The highest BCUT2D eigenvalue weighted by Crippen LogP contribution is 1.97. The Morgan fingerprint density at radius 1 is 1.36 bits per heavy atom. The van der Waals surface area contributed by atoms with Crippen LogP contribution in [0.25, 0.3) is 0 Å². The van der Waals surface area contributed by atoms with Gasteiger partial charge in [-0.15, -0.1) is 11.6 Å². The number of imide groups is 1. The first-order chi connectivity index (χ1) is 6.70. The zero-order valence-corrected chi connectivity index (χ0v) is 9.71. The summed E-state index contributed by atoms with van der Waals surface area (Å²) >= 11 is 6.98. The number of urea groups is 1. The summed E-state index contributed by atoms with van der Waals surface area (Å²) in [7, 11) is 0. The van der Waals surface area contributed by atoms with E-state index in [2.05, 4.69) is 10.6 Å². The fraction of sp³-hybridized carbons (Fsp3) is 0.750. The number of unbranched alkanes of at least 4 members (excludes halogenated alkanes) is 1. The van der Waals surface area contributed by atoms with Crippen LogP contribution in [0.3, 0.4) is 0 Å². The van der Waals surface area contributed by atoms with Gasteiger partial charge in [-0.1, -0.05) is 0 Å². The van der Waals surface area contributed by atoms with Crippen LogP contribution in [0, 0.1) is 0 Å². The topological polar surface area (TPSA) is 58.2 Å². The average molecular weight is 239 g/mol. The molecule has 0 aliphatic rings. The number of nitrogens with one attached hydrogen (secondary N) is 2. The molecule has 0 aromatic rings. The van der Waals surface area contributed by atoms with Gasteiger partial charge in [0.1, 0.15) is 5.88 Å². The highest BCUT2D eigenvalue weighted by atomic mass is 35.5. The Morgan fingerprint density at radius 3 is 2.64 bits per heavy atom. The van der Waals surface area contributed by atoms with Crippen LogP contribution >= 0.6 is 23.4 Å². The number of halogens is 1. The number of hydrogen-bond acceptors (Lipinski definition) is 3. The molecule has 82 valence electrons. The maximum atomic E-state index is 10.9. The largest absolute Gasteiger partial charge is 0.338 e. The molecule has 0 unspecified atom stereocenters. The van der Waals surface area contributed by atoms with E-state index in [0.29, 0.717) is 6.54 Å². The van der Waals surface area contributed by atoms with Crippen LogP contribution in [-0.4, -0.2) is 36.4 Å². The Balaban J connectivity index is 3.31. The number of carbonyl (C=O) groups excluding carboxylic acids is 2. The summed E-state index contributed by atoms with van der Waals surface area (Å²) in [5.41, 5.74) is 0. The first-order valence-corrected chi connectivity index (χ1v) is 6.26. The van der Waals surface area contributed by atoms with Crippen LogP contribution in [-0.2, 0) is 4.79 Å². The fourth-order valence-corrected chi connectivity index (χ4v) is 1.34. The second-order valence-electron chi connectivity index (χ2n) is 2.64. The highest BCUT2D eigenvalue weighted by molar-refractivity contribution is 7.98. The molecule has 3 amide bonds. The second-order valence-corrected chi connectivity index (χ2v) is 3.89. The van der Waals surface area contributed by atoms with Crippen LogP contribution in [0.5, 0.6) is 0 Å². The monoisotopic (exact) mass is 238 g/mol. The molecule has 0 saturated carbocycles. The Bertz CT molecular complexity index is 190. The lowest BCUT2D eigenvalue weighted by atomic mass is 10.3. The molecule has 0 atom stereocenters. The van der Waals surface area contributed by atoms with Crippen LogP contribution in [0.1, 0.15) is 12.8 Å². The van der Waals surface area contributed by atoms with Crippen molar-refractivity contribution < 1.29 is 9.59 Å². The Hall–Kier alpha value is -0.420. The van der Waals surface area contributed by atoms with Crippen molar-refractivity contribution in [2.75, 3.05) is 24.4 Å². The molecule has 14 heavy (non-hydrogen) atoms. The van der Waals surface area contributed by atoms with E-state index in [-0.39, 0.29) is 5.88 Å². The first kappa shape index (κ1) is 13.6. The molecule has 0 aromatic heterocycles. The van der Waals surface area contributed by atoms with Gasteiger partial charge in [-0.2, -0.15) is 11.8 Å². The third kappa shape index (κ3) is 8.19. The lowest BCUT2D eigenvalue weighted by Crippen LogP contribution is -2.40. The van der Waals surface area contributed by atoms with Crippen molar-refractivity contribution in [1.82, 2.24) is 10.6 Å². The van der Waals surface area contributed by atoms with E-state index in [1.165, 1.54) is 0 Å². The zero-order valence-electron chi connectivity index (χ0n) is 8.14. The lowest BCUT2D eigenvalue weighted by Gasteiger charge is -2.04. The van der Waals surface area contributed by atoms with E-state index >= 15 is 0 Å². The summed E-state index contributed by atoms with van der Waals surface area (Å²) < 4.78 is 0. The summed E-state index contributed by atoms with van der Waals surface area (Å²) in [6.07, 6.45) is 4.02. The lowest BCUT2D eigenvalue weighted by molar-refractivity contribution is -0.117. The summed E-state index contributed by atoms with van der Waals surface area (Å²) in [4.78, 5) is 21.6. The summed E-state index contributed by atoms with van der Waals surface area (Å²) in [6.45, 7) is 0.585. The Kier molecular flexibility index (Phi) is 8.87. The standard InChI is InChI=1S/C8H15ClN2O2S/c1-14-5-3-2-4-10-8(13)11-7(12)6-9/h2-6H2,1H3,(H2,10,11,12,13). The van der Waals surface area contributed by atoms with Gasteiger partial charge in [0.15, 0.2) is 0 Å². The van der Waals surface area contributed by atoms with E-state index in [1.807, 2.05) is 6.26 Å². The summed E-state index contributed by atoms with van der Waals surface area (Å²) in [5, 5.41) is 4.66. The quantitative estimate of drug-likeness (QED) is 0.540. The SMILES string of the molecule is CSCCCCNC(=O)NC(=O)CCl. The highest BCUT2D eigenvalue weighted by Gasteiger charge is 2.04. The van der Waals surface area contributed by atoms with E-state index in [4.69, 9.17) is 11.6 Å². The predicted octanol–water partition coefficient (Wildman–Crippen LogP) is 1.19. The molecule has 0 rings (SSSR count). The minimum Gasteiger partial charge on any atom is -0.338 e. The van der Waals surface area contributed by atoms with Gasteiger partial charge < -0.3 is 5.32 Å². The van der Waals surface area contributed by atoms with Crippen LogP contribution < -0.4 is 10.6 Å². The minimum absolute atomic E-state index is 0.195. The molecule has 6 heteroatoms. The number of rotatable bonds is 6. The molecule has 0 heterocycles. The zero-order chi connectivity index (χ0) is 10.8. The predicted molar refractivity (Wildman–Crippen MR) is 59.9 cm³/mol. The van der Waals surface area contributed by atoms with Crippen LogP contribution in [0.15, 0.2) is 0 Å². The Labute approximate surface area is 93.1 Å². The van der Waals surface area contributed by atoms with Gasteiger partial charge in [0.25, 0.3) is 0 Å². The maximum Gasteiger partial charge on any atom is 0.321 e. The van der Waals surface area contributed by atoms with E-state index in [9.17, 15) is 9.59 Å². The molecular formula is C8H15ClN2O2S. The van der Waals surface area contributed by atoms with Gasteiger partial charge in [0.05, 0.1) is 0 Å². The van der Waals surface area contributed by atoms with Crippen molar-refractivity contribution >= 4 is 35.3 Å². The average Bonchev–Trinajstić information content (AvgIpc) is 2.17. The van der Waals surface area contributed by atoms with Crippen molar-refractivity contribution in [2.24, 2.45) is 0 Å². The van der Waals surface area contributed by atoms with Gasteiger partial charge in [-0.25, -0.2) is 4.79 Å². The van der Waals surface area contributed by atoms with Crippen molar-refractivity contribution in [3.05, 3.63) is 0 Å². The molecule has 0 aliphatic heterocycles. The summed E-state index contributed by atoms with van der Waals surface area (Å²) in [6, 6.07) is -0.472. The fourth-order valence-electron chi connectivity index (χ4n) is 0.778. The van der Waals surface area contributed by atoms with E-state index in [1.54, 1.807) is 11.8 Å². The molecular weight excluding hydrogens is 224 g/mol. The van der Waals surface area contributed by atoms with E-state index in [0.717, 1.165) is 18.6 Å². The van der Waals surface area contributed by atoms with Gasteiger partial charge in [-0.3, -0.25) is 10.1 Å². The van der Waals surface area contributed by atoms with Gasteiger partial charge >= 0.3 is 6.03 Å². The van der Waals surface area contributed by atoms with Crippen LogP contribution in [0.4, 0.5) is 4.79 Å². The molecule has 0 saturated heterocycles. The number of hydrogen-bond donors (Lipinski definition) is 2. The minimum atomic E-state index is -0.478. The molecule has 0 bridgehead atoms. The number of alkyl halides is 1. The summed E-state index contributed by atoms with van der Waals surface area (Å²) in [5.74, 6) is 0.414. The molecule has 2 N–H and O–H groups in total. The first-order valence-electron chi connectivity index (χ1n) is 4.33. The van der Waals surface area contributed by atoms with Gasteiger partial charge in [0, 0.05) is 6.54 Å². The number of carbonyl (C=O) groups is 2. The third-order valence-corrected chi connectivity index (χ3v) is 2.37. The molecule has 4 nitrogen and oxygen atoms in total. The van der Waals surface area contributed by atoms with Crippen molar-refractivity contribution in [2.45, 2.75) is 12.8 Å². The maximum absolute atomic E-state index is 10.9. The van der Waals surface area contributed by atoms with Crippen molar-refractivity contribution in [3.8, 4) is 0 Å². The molecule has 0 aliphatic carbocycles. The number of amides is 3. The van der Waals surface area contributed by atoms with E-state index < -0.39 is 11.9 Å². The molecule has 0 spiro atoms. The van der Waals surface area contributed by atoms with Gasteiger partial charge in [0.2, 0.25) is 5.91 Å². The van der Waals surface area contributed by atoms with Crippen molar-refractivity contribution in [3.63, 3.8) is 0 Å².